The number of hydrogen-bond acceptors (Lipinski definition) is 4. The predicted octanol–water partition coefficient (Wildman–Crippen LogP) is 3.24. The third-order valence-corrected chi connectivity index (χ3v) is 7.67. The second kappa shape index (κ2) is 9.20. The highest BCUT2D eigenvalue weighted by molar-refractivity contribution is 7.89. The van der Waals surface area contributed by atoms with Crippen LogP contribution in [-0.4, -0.2) is 49.1 Å². The number of benzene rings is 2. The number of carbonyl (C=O) groups is 2. The molecule has 4 rings (SSSR count). The largest absolute Gasteiger partial charge is 0.338 e. The average molecular weight is 442 g/mol. The average Bonchev–Trinajstić information content (AvgIpc) is 3.19. The molecule has 2 aromatic rings. The molecule has 2 amide bonds. The summed E-state index contributed by atoms with van der Waals surface area (Å²) in [4.78, 5) is 26.6. The van der Waals surface area contributed by atoms with Crippen LogP contribution < -0.4 is 5.32 Å². The second-order valence-corrected chi connectivity index (χ2v) is 10.0. The lowest BCUT2D eigenvalue weighted by molar-refractivity contribution is -0.128. The molecular formula is C23H27N3O4S. The van der Waals surface area contributed by atoms with E-state index in [-0.39, 0.29) is 16.7 Å². The van der Waals surface area contributed by atoms with E-state index in [1.807, 2.05) is 23.1 Å². The Morgan fingerprint density at radius 3 is 2.45 bits per heavy atom. The van der Waals surface area contributed by atoms with Gasteiger partial charge >= 0.3 is 0 Å². The Morgan fingerprint density at radius 1 is 0.935 bits per heavy atom. The van der Waals surface area contributed by atoms with Gasteiger partial charge in [-0.25, -0.2) is 8.42 Å². The maximum Gasteiger partial charge on any atom is 0.255 e. The molecule has 2 fully saturated rings. The summed E-state index contributed by atoms with van der Waals surface area (Å²) < 4.78 is 27.3. The molecule has 0 aliphatic carbocycles. The minimum atomic E-state index is -3.60. The molecule has 2 saturated heterocycles. The third kappa shape index (κ3) is 4.97. The molecule has 1 N–H and O–H groups in total. The molecule has 8 heteroatoms. The summed E-state index contributed by atoms with van der Waals surface area (Å²) in [7, 11) is -3.60. The van der Waals surface area contributed by atoms with Crippen molar-refractivity contribution < 1.29 is 18.0 Å². The van der Waals surface area contributed by atoms with Gasteiger partial charge in [-0.3, -0.25) is 9.59 Å². The third-order valence-electron chi connectivity index (χ3n) is 5.78. The van der Waals surface area contributed by atoms with E-state index in [4.69, 9.17) is 0 Å². The minimum absolute atomic E-state index is 0.142. The first-order valence-corrected chi connectivity index (χ1v) is 12.2. The molecule has 2 heterocycles. The number of nitrogens with zero attached hydrogens (tertiary/aromatic N) is 2. The number of sulfonamides is 1. The molecule has 0 atom stereocenters. The van der Waals surface area contributed by atoms with Crippen molar-refractivity contribution in [2.75, 3.05) is 25.0 Å². The van der Waals surface area contributed by atoms with E-state index in [2.05, 4.69) is 5.32 Å². The van der Waals surface area contributed by atoms with Gasteiger partial charge in [-0.1, -0.05) is 24.6 Å². The van der Waals surface area contributed by atoms with Gasteiger partial charge in [-0.05, 0) is 55.2 Å². The number of likely N-dealkylation sites (tertiary alicyclic amines) is 1. The molecule has 0 radical (unpaired) electrons. The molecule has 2 aliphatic rings. The standard InChI is InChI=1S/C23H27N3O4S/c27-22-11-6-12-25(22)17-18-7-4-9-20(15-18)24-23(28)19-8-5-10-21(16-19)31(29,30)26-13-2-1-3-14-26/h4-5,7-10,15-16H,1-3,6,11-14,17H2,(H,24,28). The summed E-state index contributed by atoms with van der Waals surface area (Å²) >= 11 is 0. The van der Waals surface area contributed by atoms with Crippen LogP contribution in [0.3, 0.4) is 0 Å². The van der Waals surface area contributed by atoms with Crippen LogP contribution >= 0.6 is 0 Å². The molecule has 0 aromatic heterocycles. The highest BCUT2D eigenvalue weighted by atomic mass is 32.2. The van der Waals surface area contributed by atoms with Crippen LogP contribution in [0, 0.1) is 0 Å². The van der Waals surface area contributed by atoms with E-state index in [1.54, 1.807) is 18.2 Å². The van der Waals surface area contributed by atoms with Gasteiger partial charge in [0.25, 0.3) is 5.91 Å². The Morgan fingerprint density at radius 2 is 1.71 bits per heavy atom. The van der Waals surface area contributed by atoms with Crippen molar-refractivity contribution in [3.63, 3.8) is 0 Å². The summed E-state index contributed by atoms with van der Waals surface area (Å²) in [5, 5.41) is 2.84. The molecule has 7 nitrogen and oxygen atoms in total. The van der Waals surface area contributed by atoms with E-state index in [9.17, 15) is 18.0 Å². The summed E-state index contributed by atoms with van der Waals surface area (Å²) in [6, 6.07) is 13.6. The molecule has 2 aliphatic heterocycles. The summed E-state index contributed by atoms with van der Waals surface area (Å²) in [6.45, 7) is 2.32. The molecule has 0 unspecified atom stereocenters. The SMILES string of the molecule is O=C(Nc1cccc(CN2CCCC2=O)c1)c1cccc(S(=O)(=O)N2CCCCC2)c1. The number of nitrogens with one attached hydrogen (secondary N) is 1. The van der Waals surface area contributed by atoms with Crippen molar-refractivity contribution >= 4 is 27.5 Å². The number of hydrogen-bond donors (Lipinski definition) is 1. The van der Waals surface area contributed by atoms with Crippen molar-refractivity contribution in [2.45, 2.75) is 43.5 Å². The van der Waals surface area contributed by atoms with Gasteiger partial charge in [0.15, 0.2) is 0 Å². The van der Waals surface area contributed by atoms with Gasteiger partial charge in [0.2, 0.25) is 15.9 Å². The lowest BCUT2D eigenvalue weighted by Gasteiger charge is -2.26. The van der Waals surface area contributed by atoms with E-state index in [0.29, 0.717) is 37.3 Å². The number of rotatable bonds is 6. The minimum Gasteiger partial charge on any atom is -0.338 e. The van der Waals surface area contributed by atoms with Crippen LogP contribution in [0.25, 0.3) is 0 Å². The summed E-state index contributed by atoms with van der Waals surface area (Å²) in [6.07, 6.45) is 4.23. The van der Waals surface area contributed by atoms with Crippen LogP contribution in [0.2, 0.25) is 0 Å². The predicted molar refractivity (Wildman–Crippen MR) is 118 cm³/mol. The highest BCUT2D eigenvalue weighted by Gasteiger charge is 2.26. The summed E-state index contributed by atoms with van der Waals surface area (Å²) in [5.74, 6) is -0.216. The molecular weight excluding hydrogens is 414 g/mol. The zero-order valence-electron chi connectivity index (χ0n) is 17.4. The number of anilines is 1. The van der Waals surface area contributed by atoms with Crippen molar-refractivity contribution in [1.29, 1.82) is 0 Å². The van der Waals surface area contributed by atoms with Gasteiger partial charge in [0.05, 0.1) is 4.90 Å². The fourth-order valence-electron chi connectivity index (χ4n) is 4.09. The van der Waals surface area contributed by atoms with Gasteiger partial charge in [0, 0.05) is 43.9 Å². The molecule has 0 spiro atoms. The fourth-order valence-corrected chi connectivity index (χ4v) is 5.66. The van der Waals surface area contributed by atoms with Gasteiger partial charge < -0.3 is 10.2 Å². The number of amides is 2. The monoisotopic (exact) mass is 441 g/mol. The van der Waals surface area contributed by atoms with Crippen molar-refractivity contribution in [2.24, 2.45) is 0 Å². The Labute approximate surface area is 183 Å². The van der Waals surface area contributed by atoms with E-state index in [0.717, 1.165) is 37.8 Å². The molecule has 31 heavy (non-hydrogen) atoms. The zero-order chi connectivity index (χ0) is 21.8. The quantitative estimate of drug-likeness (QED) is 0.746. The highest BCUT2D eigenvalue weighted by Crippen LogP contribution is 2.22. The molecule has 0 saturated carbocycles. The Bertz CT molecular complexity index is 1080. The van der Waals surface area contributed by atoms with Gasteiger partial charge in [-0.15, -0.1) is 0 Å². The first kappa shape index (κ1) is 21.5. The Kier molecular flexibility index (Phi) is 6.38. The van der Waals surface area contributed by atoms with Crippen LogP contribution in [0.5, 0.6) is 0 Å². The number of carbonyl (C=O) groups excluding carboxylic acids is 2. The van der Waals surface area contributed by atoms with E-state index in [1.165, 1.54) is 16.4 Å². The lowest BCUT2D eigenvalue weighted by atomic mass is 10.1. The molecule has 164 valence electrons. The molecule has 0 bridgehead atoms. The van der Waals surface area contributed by atoms with Crippen molar-refractivity contribution in [3.8, 4) is 0 Å². The maximum atomic E-state index is 12.9. The van der Waals surface area contributed by atoms with Crippen LogP contribution in [0.1, 0.15) is 48.0 Å². The lowest BCUT2D eigenvalue weighted by Crippen LogP contribution is -2.35. The molecule has 2 aromatic carbocycles. The second-order valence-electron chi connectivity index (χ2n) is 8.07. The first-order chi connectivity index (χ1) is 14.9. The van der Waals surface area contributed by atoms with Gasteiger partial charge in [0.1, 0.15) is 0 Å². The zero-order valence-corrected chi connectivity index (χ0v) is 18.2. The van der Waals surface area contributed by atoms with Gasteiger partial charge in [-0.2, -0.15) is 4.31 Å². The van der Waals surface area contributed by atoms with E-state index < -0.39 is 10.0 Å². The van der Waals surface area contributed by atoms with Crippen molar-refractivity contribution in [3.05, 3.63) is 59.7 Å². The Hall–Kier alpha value is -2.71. The van der Waals surface area contributed by atoms with Crippen LogP contribution in [0.4, 0.5) is 5.69 Å². The van der Waals surface area contributed by atoms with Crippen LogP contribution in [0.15, 0.2) is 53.4 Å². The maximum absolute atomic E-state index is 12.9. The topological polar surface area (TPSA) is 86.8 Å². The normalized spacial score (nSPS) is 17.7. The summed E-state index contributed by atoms with van der Waals surface area (Å²) in [5.41, 5.74) is 1.84. The smallest absolute Gasteiger partial charge is 0.255 e. The Balaban J connectivity index is 1.47. The fraction of sp³-hybridized carbons (Fsp3) is 0.391. The van der Waals surface area contributed by atoms with Crippen LogP contribution in [-0.2, 0) is 21.4 Å². The van der Waals surface area contributed by atoms with E-state index >= 15 is 0 Å². The number of piperidine rings is 1. The van der Waals surface area contributed by atoms with Crippen molar-refractivity contribution in [1.82, 2.24) is 9.21 Å². The first-order valence-electron chi connectivity index (χ1n) is 10.7.